The van der Waals surface area contributed by atoms with Crippen LogP contribution in [0.2, 0.25) is 0 Å². The van der Waals surface area contributed by atoms with Crippen molar-refractivity contribution in [3.63, 3.8) is 0 Å². The van der Waals surface area contributed by atoms with Crippen LogP contribution in [0.25, 0.3) is 0 Å². The number of benzene rings is 1. The fourth-order valence-corrected chi connectivity index (χ4v) is 2.30. The summed E-state index contributed by atoms with van der Waals surface area (Å²) in [7, 11) is -1.14. The highest BCUT2D eigenvalue weighted by molar-refractivity contribution is 9.10. The Kier molecular flexibility index (Phi) is 4.54. The molecule has 5 heteroatoms. The highest BCUT2D eigenvalue weighted by atomic mass is 79.9. The van der Waals surface area contributed by atoms with Crippen LogP contribution in [-0.4, -0.2) is 9.96 Å². The minimum absolute atomic E-state index is 0.343. The number of rotatable bonds is 4. The van der Waals surface area contributed by atoms with Gasteiger partial charge in [-0.1, -0.05) is 6.92 Å². The molecule has 2 nitrogen and oxygen atoms in total. The molecule has 0 aromatic heterocycles. The SMILES string of the molecule is CCCS(=O)Nc1cc(F)ccc1Br. The molecule has 1 atom stereocenters. The monoisotopic (exact) mass is 279 g/mol. The molecular formula is C9H11BrFNOS. The van der Waals surface area contributed by atoms with Crippen molar-refractivity contribution in [1.82, 2.24) is 0 Å². The quantitative estimate of drug-likeness (QED) is 0.902. The molecule has 14 heavy (non-hydrogen) atoms. The van der Waals surface area contributed by atoms with Gasteiger partial charge in [0.05, 0.1) is 5.69 Å². The third-order valence-electron chi connectivity index (χ3n) is 1.54. The molecule has 0 bridgehead atoms. The van der Waals surface area contributed by atoms with Crippen molar-refractivity contribution in [3.05, 3.63) is 28.5 Å². The van der Waals surface area contributed by atoms with Crippen LogP contribution in [0.5, 0.6) is 0 Å². The Balaban J connectivity index is 2.75. The summed E-state index contributed by atoms with van der Waals surface area (Å²) in [6.45, 7) is 1.94. The number of hydrogen-bond donors (Lipinski definition) is 1. The second-order valence-electron chi connectivity index (χ2n) is 2.78. The zero-order valence-corrected chi connectivity index (χ0v) is 10.1. The van der Waals surface area contributed by atoms with Crippen molar-refractivity contribution in [1.29, 1.82) is 0 Å². The van der Waals surface area contributed by atoms with Gasteiger partial charge in [0.1, 0.15) is 16.8 Å². The highest BCUT2D eigenvalue weighted by Crippen LogP contribution is 2.23. The molecule has 1 aromatic carbocycles. The smallest absolute Gasteiger partial charge is 0.125 e. The average molecular weight is 280 g/mol. The second-order valence-corrected chi connectivity index (χ2v) is 4.93. The van der Waals surface area contributed by atoms with E-state index in [1.807, 2.05) is 6.92 Å². The van der Waals surface area contributed by atoms with E-state index >= 15 is 0 Å². The highest BCUT2D eigenvalue weighted by Gasteiger charge is 2.04. The van der Waals surface area contributed by atoms with Gasteiger partial charge in [-0.25, -0.2) is 8.60 Å². The molecule has 1 unspecified atom stereocenters. The number of hydrogen-bond acceptors (Lipinski definition) is 1. The summed E-state index contributed by atoms with van der Waals surface area (Å²) in [5.74, 6) is 0.215. The van der Waals surface area contributed by atoms with Gasteiger partial charge in [0.15, 0.2) is 0 Å². The lowest BCUT2D eigenvalue weighted by molar-refractivity contribution is 0.628. The largest absolute Gasteiger partial charge is 0.304 e. The lowest BCUT2D eigenvalue weighted by Gasteiger charge is -2.06. The van der Waals surface area contributed by atoms with Crippen LogP contribution in [0.15, 0.2) is 22.7 Å². The summed E-state index contributed by atoms with van der Waals surface area (Å²) in [5.41, 5.74) is 0.525. The molecule has 0 radical (unpaired) electrons. The van der Waals surface area contributed by atoms with Crippen molar-refractivity contribution in [3.8, 4) is 0 Å². The van der Waals surface area contributed by atoms with Crippen LogP contribution in [0.4, 0.5) is 10.1 Å². The fraction of sp³-hybridized carbons (Fsp3) is 0.333. The average Bonchev–Trinajstić information content (AvgIpc) is 2.12. The van der Waals surface area contributed by atoms with Gasteiger partial charge in [-0.05, 0) is 40.5 Å². The van der Waals surface area contributed by atoms with Crippen molar-refractivity contribution in [2.24, 2.45) is 0 Å². The van der Waals surface area contributed by atoms with Crippen molar-refractivity contribution >= 4 is 32.6 Å². The standard InChI is InChI=1S/C9H11BrFNOS/c1-2-5-14(13)12-9-6-7(11)3-4-8(9)10/h3-4,6,12H,2,5H2,1H3. The Bertz CT molecular complexity index is 346. The molecule has 0 saturated heterocycles. The molecule has 0 fully saturated rings. The topological polar surface area (TPSA) is 29.1 Å². The Hall–Kier alpha value is -0.420. The summed E-state index contributed by atoms with van der Waals surface area (Å²) in [5, 5.41) is 0. The van der Waals surface area contributed by atoms with Crippen LogP contribution in [0, 0.1) is 5.82 Å². The van der Waals surface area contributed by atoms with E-state index in [1.165, 1.54) is 12.1 Å². The maximum Gasteiger partial charge on any atom is 0.125 e. The molecular weight excluding hydrogens is 269 g/mol. The molecule has 1 N–H and O–H groups in total. The summed E-state index contributed by atoms with van der Waals surface area (Å²) in [6, 6.07) is 4.25. The second kappa shape index (κ2) is 5.46. The van der Waals surface area contributed by atoms with Crippen LogP contribution >= 0.6 is 15.9 Å². The first kappa shape index (κ1) is 11.7. The summed E-state index contributed by atoms with van der Waals surface area (Å²) < 4.78 is 27.6. The maximum atomic E-state index is 12.8. The molecule has 0 heterocycles. The van der Waals surface area contributed by atoms with Crippen LogP contribution < -0.4 is 4.72 Å². The summed E-state index contributed by atoms with van der Waals surface area (Å²) in [6.07, 6.45) is 0.826. The first-order valence-corrected chi connectivity index (χ1v) is 6.34. The van der Waals surface area contributed by atoms with E-state index in [0.29, 0.717) is 15.9 Å². The molecule has 78 valence electrons. The van der Waals surface area contributed by atoms with E-state index in [1.54, 1.807) is 6.07 Å². The van der Waals surface area contributed by atoms with Gasteiger partial charge in [0.2, 0.25) is 0 Å². The third-order valence-corrected chi connectivity index (χ3v) is 3.46. The maximum absolute atomic E-state index is 12.8. The molecule has 0 aliphatic rings. The van der Waals surface area contributed by atoms with Gasteiger partial charge >= 0.3 is 0 Å². The molecule has 0 amide bonds. The van der Waals surface area contributed by atoms with Gasteiger partial charge in [0, 0.05) is 10.2 Å². The predicted molar refractivity (Wildman–Crippen MR) is 61.0 cm³/mol. The summed E-state index contributed by atoms with van der Waals surface area (Å²) >= 11 is 3.25. The van der Waals surface area contributed by atoms with E-state index in [9.17, 15) is 8.60 Å². The number of nitrogens with one attached hydrogen (secondary N) is 1. The lowest BCUT2D eigenvalue weighted by atomic mass is 10.3. The molecule has 0 spiro atoms. The van der Waals surface area contributed by atoms with Gasteiger partial charge in [-0.3, -0.25) is 0 Å². The van der Waals surface area contributed by atoms with Crippen molar-refractivity contribution < 1.29 is 8.60 Å². The minimum Gasteiger partial charge on any atom is -0.304 e. The number of anilines is 1. The van der Waals surface area contributed by atoms with Gasteiger partial charge in [-0.15, -0.1) is 0 Å². The fourth-order valence-electron chi connectivity index (χ4n) is 0.935. The normalized spacial score (nSPS) is 12.5. The van der Waals surface area contributed by atoms with Crippen LogP contribution in [0.3, 0.4) is 0 Å². The van der Waals surface area contributed by atoms with Crippen LogP contribution in [0.1, 0.15) is 13.3 Å². The molecule has 1 aromatic rings. The Labute approximate surface area is 93.6 Å². The Morgan fingerprint density at radius 2 is 2.29 bits per heavy atom. The van der Waals surface area contributed by atoms with Gasteiger partial charge < -0.3 is 4.72 Å². The van der Waals surface area contributed by atoms with E-state index < -0.39 is 11.0 Å². The van der Waals surface area contributed by atoms with Gasteiger partial charge in [-0.2, -0.15) is 0 Å². The van der Waals surface area contributed by atoms with Crippen molar-refractivity contribution in [2.75, 3.05) is 10.5 Å². The third kappa shape index (κ3) is 3.38. The Morgan fingerprint density at radius 3 is 2.93 bits per heavy atom. The zero-order chi connectivity index (χ0) is 10.6. The van der Waals surface area contributed by atoms with E-state index in [2.05, 4.69) is 20.7 Å². The molecule has 0 saturated carbocycles. The molecule has 0 aliphatic heterocycles. The zero-order valence-electron chi connectivity index (χ0n) is 7.72. The predicted octanol–water partition coefficient (Wildman–Crippen LogP) is 3.07. The lowest BCUT2D eigenvalue weighted by Crippen LogP contribution is -2.08. The van der Waals surface area contributed by atoms with E-state index in [0.717, 1.165) is 6.42 Å². The van der Waals surface area contributed by atoms with Gasteiger partial charge in [0.25, 0.3) is 0 Å². The number of halogens is 2. The van der Waals surface area contributed by atoms with E-state index in [4.69, 9.17) is 0 Å². The van der Waals surface area contributed by atoms with Crippen LogP contribution in [-0.2, 0) is 11.0 Å². The Morgan fingerprint density at radius 1 is 1.57 bits per heavy atom. The summed E-state index contributed by atoms with van der Waals surface area (Å²) in [4.78, 5) is 0. The molecule has 1 rings (SSSR count). The molecule has 0 aliphatic carbocycles. The first-order chi connectivity index (χ1) is 6.63. The van der Waals surface area contributed by atoms with E-state index in [-0.39, 0.29) is 5.82 Å². The van der Waals surface area contributed by atoms with Crippen molar-refractivity contribution in [2.45, 2.75) is 13.3 Å². The minimum atomic E-state index is -1.14. The first-order valence-electron chi connectivity index (χ1n) is 4.23.